The Bertz CT molecular complexity index is 567. The number of sulfone groups is 1. The highest BCUT2D eigenvalue weighted by Crippen LogP contribution is 2.29. The average Bonchev–Trinajstić information content (AvgIpc) is 2.84. The molecular weight excluding hydrogens is 294 g/mol. The molecule has 19 heavy (non-hydrogen) atoms. The molecule has 0 bridgehead atoms. The van der Waals surface area contributed by atoms with Crippen molar-refractivity contribution >= 4 is 25.8 Å². The molecule has 0 spiro atoms. The van der Waals surface area contributed by atoms with Crippen molar-refractivity contribution in [2.24, 2.45) is 0 Å². The number of sulfonamides is 1. The number of carboxylic acids is 1. The van der Waals surface area contributed by atoms with E-state index in [-0.39, 0.29) is 30.9 Å². The van der Waals surface area contributed by atoms with Crippen LogP contribution in [0.2, 0.25) is 0 Å². The zero-order valence-corrected chi connectivity index (χ0v) is 12.0. The Morgan fingerprint density at radius 1 is 1.32 bits per heavy atom. The third-order valence-corrected chi connectivity index (χ3v) is 8.03. The minimum Gasteiger partial charge on any atom is -0.481 e. The summed E-state index contributed by atoms with van der Waals surface area (Å²) >= 11 is 0. The lowest BCUT2D eigenvalue weighted by Crippen LogP contribution is -2.43. The van der Waals surface area contributed by atoms with E-state index in [2.05, 4.69) is 0 Å². The predicted octanol–water partition coefficient (Wildman–Crippen LogP) is -0.558. The van der Waals surface area contributed by atoms with Crippen LogP contribution in [0.4, 0.5) is 0 Å². The second-order valence-electron chi connectivity index (χ2n) is 5.07. The highest BCUT2D eigenvalue weighted by Gasteiger charge is 2.44. The molecule has 2 atom stereocenters. The summed E-state index contributed by atoms with van der Waals surface area (Å²) in [5, 5.41) is 7.88. The van der Waals surface area contributed by atoms with Crippen molar-refractivity contribution in [3.05, 3.63) is 0 Å². The van der Waals surface area contributed by atoms with Crippen LogP contribution in [0.5, 0.6) is 0 Å². The summed E-state index contributed by atoms with van der Waals surface area (Å²) in [5.74, 6) is -1.48. The van der Waals surface area contributed by atoms with Crippen LogP contribution in [-0.4, -0.2) is 61.6 Å². The molecule has 0 aromatic heterocycles. The van der Waals surface area contributed by atoms with Gasteiger partial charge in [-0.05, 0) is 19.3 Å². The van der Waals surface area contributed by atoms with Crippen LogP contribution in [0.3, 0.4) is 0 Å². The number of hydrogen-bond donors (Lipinski definition) is 1. The summed E-state index contributed by atoms with van der Waals surface area (Å²) in [4.78, 5) is 10.7. The summed E-state index contributed by atoms with van der Waals surface area (Å²) in [7, 11) is -6.98. The molecule has 2 saturated heterocycles. The van der Waals surface area contributed by atoms with Gasteiger partial charge in [0.15, 0.2) is 9.84 Å². The van der Waals surface area contributed by atoms with Gasteiger partial charge in [-0.2, -0.15) is 4.31 Å². The van der Waals surface area contributed by atoms with Crippen LogP contribution in [-0.2, 0) is 24.7 Å². The first-order chi connectivity index (χ1) is 8.72. The fourth-order valence-corrected chi connectivity index (χ4v) is 7.52. The van der Waals surface area contributed by atoms with Crippen molar-refractivity contribution in [3.8, 4) is 0 Å². The highest BCUT2D eigenvalue weighted by molar-refractivity contribution is 7.95. The number of carbonyl (C=O) groups is 1. The van der Waals surface area contributed by atoms with E-state index in [0.717, 1.165) is 0 Å². The third-order valence-electron chi connectivity index (χ3n) is 3.67. The molecule has 9 heteroatoms. The van der Waals surface area contributed by atoms with E-state index in [9.17, 15) is 21.6 Å². The van der Waals surface area contributed by atoms with Crippen LogP contribution in [0, 0.1) is 0 Å². The Labute approximate surface area is 112 Å². The van der Waals surface area contributed by atoms with Crippen molar-refractivity contribution in [1.82, 2.24) is 4.31 Å². The second kappa shape index (κ2) is 5.02. The molecule has 0 aliphatic carbocycles. The molecule has 2 aliphatic heterocycles. The first kappa shape index (κ1) is 14.7. The van der Waals surface area contributed by atoms with E-state index >= 15 is 0 Å². The molecule has 0 amide bonds. The van der Waals surface area contributed by atoms with Gasteiger partial charge in [-0.15, -0.1) is 0 Å². The number of hydrogen-bond acceptors (Lipinski definition) is 5. The summed E-state index contributed by atoms with van der Waals surface area (Å²) in [6, 6.07) is -0.536. The lowest BCUT2D eigenvalue weighted by atomic mass is 10.2. The van der Waals surface area contributed by atoms with Gasteiger partial charge in [-0.1, -0.05) is 0 Å². The standard InChI is InChI=1S/C10H17NO6S2/c12-10(13)6-8-2-1-4-11(8)19(16,17)9-3-5-18(14,15)7-9/h8-9H,1-7H2,(H,12,13). The van der Waals surface area contributed by atoms with Crippen molar-refractivity contribution in [1.29, 1.82) is 0 Å². The van der Waals surface area contributed by atoms with Gasteiger partial charge in [-0.25, -0.2) is 16.8 Å². The van der Waals surface area contributed by atoms with Gasteiger partial charge in [0.1, 0.15) is 0 Å². The van der Waals surface area contributed by atoms with E-state index in [1.807, 2.05) is 0 Å². The number of rotatable bonds is 4. The first-order valence-corrected chi connectivity index (χ1v) is 9.48. The predicted molar refractivity (Wildman–Crippen MR) is 68.0 cm³/mol. The maximum Gasteiger partial charge on any atom is 0.304 e. The van der Waals surface area contributed by atoms with Crippen LogP contribution in [0.25, 0.3) is 0 Å². The number of carboxylic acid groups (broad SMARTS) is 1. The maximum atomic E-state index is 12.4. The molecule has 2 heterocycles. The van der Waals surface area contributed by atoms with E-state index in [1.54, 1.807) is 0 Å². The van der Waals surface area contributed by atoms with Gasteiger partial charge >= 0.3 is 5.97 Å². The summed E-state index contributed by atoms with van der Waals surface area (Å²) in [5.41, 5.74) is 0. The molecule has 110 valence electrons. The van der Waals surface area contributed by atoms with Gasteiger partial charge in [0.25, 0.3) is 0 Å². The van der Waals surface area contributed by atoms with Crippen LogP contribution in [0.15, 0.2) is 0 Å². The van der Waals surface area contributed by atoms with Crippen LogP contribution >= 0.6 is 0 Å². The van der Waals surface area contributed by atoms with Crippen LogP contribution < -0.4 is 0 Å². The lowest BCUT2D eigenvalue weighted by molar-refractivity contribution is -0.137. The normalized spacial score (nSPS) is 31.6. The Hall–Kier alpha value is -0.670. The highest BCUT2D eigenvalue weighted by atomic mass is 32.2. The Morgan fingerprint density at radius 3 is 2.53 bits per heavy atom. The van der Waals surface area contributed by atoms with Gasteiger partial charge < -0.3 is 5.11 Å². The SMILES string of the molecule is O=C(O)CC1CCCN1S(=O)(=O)C1CCS(=O)(=O)C1. The minimum absolute atomic E-state index is 0.103. The zero-order chi connectivity index (χ0) is 14.3. The Morgan fingerprint density at radius 2 is 2.00 bits per heavy atom. The molecule has 0 aromatic rings. The second-order valence-corrected chi connectivity index (χ2v) is 9.47. The monoisotopic (exact) mass is 311 g/mol. The lowest BCUT2D eigenvalue weighted by Gasteiger charge is -2.25. The third kappa shape index (κ3) is 3.09. The molecule has 2 aliphatic rings. The van der Waals surface area contributed by atoms with Gasteiger partial charge in [0.05, 0.1) is 23.2 Å². The van der Waals surface area contributed by atoms with Crippen molar-refractivity contribution in [2.75, 3.05) is 18.1 Å². The summed E-state index contributed by atoms with van der Waals surface area (Å²) in [6.07, 6.45) is 1.03. The molecule has 0 radical (unpaired) electrons. The van der Waals surface area contributed by atoms with Crippen molar-refractivity contribution in [3.63, 3.8) is 0 Å². The van der Waals surface area contributed by atoms with Gasteiger partial charge in [0, 0.05) is 12.6 Å². The van der Waals surface area contributed by atoms with Crippen molar-refractivity contribution < 1.29 is 26.7 Å². The van der Waals surface area contributed by atoms with E-state index in [1.165, 1.54) is 4.31 Å². The zero-order valence-electron chi connectivity index (χ0n) is 10.4. The molecule has 2 unspecified atom stereocenters. The van der Waals surface area contributed by atoms with Gasteiger partial charge in [0.2, 0.25) is 10.0 Å². The Kier molecular flexibility index (Phi) is 3.90. The van der Waals surface area contributed by atoms with Crippen LogP contribution in [0.1, 0.15) is 25.7 Å². The van der Waals surface area contributed by atoms with Gasteiger partial charge in [-0.3, -0.25) is 4.79 Å². The topological polar surface area (TPSA) is 109 Å². The maximum absolute atomic E-state index is 12.4. The molecule has 2 fully saturated rings. The fourth-order valence-electron chi connectivity index (χ4n) is 2.74. The van der Waals surface area contributed by atoms with E-state index in [0.29, 0.717) is 12.8 Å². The molecule has 1 N–H and O–H groups in total. The summed E-state index contributed by atoms with van der Waals surface area (Å²) in [6.45, 7) is 0.289. The van der Waals surface area contributed by atoms with E-state index < -0.39 is 37.1 Å². The fraction of sp³-hybridized carbons (Fsp3) is 0.900. The van der Waals surface area contributed by atoms with Crippen molar-refractivity contribution in [2.45, 2.75) is 37.0 Å². The quantitative estimate of drug-likeness (QED) is 0.745. The van der Waals surface area contributed by atoms with E-state index in [4.69, 9.17) is 5.11 Å². The molecule has 0 aromatic carbocycles. The molecule has 0 saturated carbocycles. The molecule has 7 nitrogen and oxygen atoms in total. The minimum atomic E-state index is -3.71. The molecule has 2 rings (SSSR count). The largest absolute Gasteiger partial charge is 0.481 e. The average molecular weight is 311 g/mol. The summed E-state index contributed by atoms with van der Waals surface area (Å²) < 4.78 is 48.7. The number of aliphatic carboxylic acids is 1. The first-order valence-electron chi connectivity index (χ1n) is 6.15. The number of nitrogens with zero attached hydrogens (tertiary/aromatic N) is 1. The smallest absolute Gasteiger partial charge is 0.304 e. The molecular formula is C10H17NO6S2. The Balaban J connectivity index is 2.17.